The van der Waals surface area contributed by atoms with Gasteiger partial charge in [-0.2, -0.15) is 0 Å². The number of halogens is 1. The summed E-state index contributed by atoms with van der Waals surface area (Å²) in [5.74, 6) is -0.225. The lowest BCUT2D eigenvalue weighted by Crippen LogP contribution is -2.42. The van der Waals surface area contributed by atoms with Gasteiger partial charge in [0.05, 0.1) is 25.1 Å². The average Bonchev–Trinajstić information content (AvgIpc) is 3.22. The van der Waals surface area contributed by atoms with Crippen molar-refractivity contribution in [3.8, 4) is 11.3 Å². The first-order valence-corrected chi connectivity index (χ1v) is 9.98. The third-order valence-electron chi connectivity index (χ3n) is 4.59. The number of nitrogens with one attached hydrogen (secondary N) is 1. The number of aromatic nitrogens is 2. The molecule has 0 aliphatic carbocycles. The lowest BCUT2D eigenvalue weighted by molar-refractivity contribution is -0.134. The minimum Gasteiger partial charge on any atom is -0.378 e. The van der Waals surface area contributed by atoms with Crippen LogP contribution in [0.2, 0.25) is 0 Å². The molecule has 1 fully saturated rings. The number of rotatable bonds is 5. The van der Waals surface area contributed by atoms with Crippen LogP contribution >= 0.6 is 11.8 Å². The van der Waals surface area contributed by atoms with E-state index in [4.69, 9.17) is 4.74 Å². The van der Waals surface area contributed by atoms with Gasteiger partial charge in [0, 0.05) is 13.1 Å². The Morgan fingerprint density at radius 1 is 1.11 bits per heavy atom. The Kier molecular flexibility index (Phi) is 5.73. The van der Waals surface area contributed by atoms with Crippen molar-refractivity contribution in [3.05, 3.63) is 72.2 Å². The maximum Gasteiger partial charge on any atom is 0.240 e. The minimum absolute atomic E-state index is 0.0548. The lowest BCUT2D eigenvalue weighted by Gasteiger charge is -2.30. The fourth-order valence-electron chi connectivity index (χ4n) is 3.09. The van der Waals surface area contributed by atoms with Crippen molar-refractivity contribution in [2.45, 2.75) is 10.4 Å². The summed E-state index contributed by atoms with van der Waals surface area (Å²) in [6.45, 7) is 2.32. The van der Waals surface area contributed by atoms with Gasteiger partial charge >= 0.3 is 0 Å². The number of H-pyrrole nitrogens is 1. The van der Waals surface area contributed by atoms with E-state index >= 15 is 0 Å². The number of ether oxygens (including phenoxy) is 1. The van der Waals surface area contributed by atoms with Crippen molar-refractivity contribution < 1.29 is 13.9 Å². The molecule has 3 aromatic rings. The van der Waals surface area contributed by atoms with Crippen molar-refractivity contribution in [1.29, 1.82) is 0 Å². The van der Waals surface area contributed by atoms with E-state index in [0.29, 0.717) is 31.5 Å². The van der Waals surface area contributed by atoms with E-state index in [2.05, 4.69) is 9.97 Å². The summed E-state index contributed by atoms with van der Waals surface area (Å²) in [6.07, 6.45) is 1.71. The number of carbonyl (C=O) groups is 1. The molecule has 7 heteroatoms. The Morgan fingerprint density at radius 3 is 2.54 bits per heavy atom. The highest BCUT2D eigenvalue weighted by Gasteiger charge is 2.29. The monoisotopic (exact) mass is 397 g/mol. The molecule has 28 heavy (non-hydrogen) atoms. The molecule has 1 saturated heterocycles. The number of imidazole rings is 1. The van der Waals surface area contributed by atoms with Crippen molar-refractivity contribution >= 4 is 17.7 Å². The second-order valence-corrected chi connectivity index (χ2v) is 7.55. The third-order valence-corrected chi connectivity index (χ3v) is 5.73. The van der Waals surface area contributed by atoms with E-state index in [1.54, 1.807) is 18.3 Å². The second-order valence-electron chi connectivity index (χ2n) is 6.46. The number of aromatic amines is 1. The van der Waals surface area contributed by atoms with Crippen LogP contribution in [0.1, 0.15) is 10.8 Å². The lowest BCUT2D eigenvalue weighted by atomic mass is 10.1. The third kappa shape index (κ3) is 4.26. The van der Waals surface area contributed by atoms with E-state index in [0.717, 1.165) is 16.8 Å². The van der Waals surface area contributed by atoms with Crippen LogP contribution in [0.3, 0.4) is 0 Å². The van der Waals surface area contributed by atoms with Crippen molar-refractivity contribution in [3.63, 3.8) is 0 Å². The summed E-state index contributed by atoms with van der Waals surface area (Å²) in [5, 5.41) is 0.251. The Balaban J connectivity index is 1.57. The van der Waals surface area contributed by atoms with Gasteiger partial charge in [0.2, 0.25) is 5.91 Å². The molecular formula is C21H20FN3O2S. The van der Waals surface area contributed by atoms with Gasteiger partial charge < -0.3 is 14.6 Å². The van der Waals surface area contributed by atoms with Gasteiger partial charge in [-0.25, -0.2) is 9.37 Å². The molecule has 2 heterocycles. The van der Waals surface area contributed by atoms with Crippen LogP contribution in [0.15, 0.2) is 66.0 Å². The molecule has 2 aromatic carbocycles. The zero-order valence-electron chi connectivity index (χ0n) is 15.2. The highest BCUT2D eigenvalue weighted by Crippen LogP contribution is 2.36. The van der Waals surface area contributed by atoms with Crippen molar-refractivity contribution in [2.75, 3.05) is 26.3 Å². The Bertz CT molecular complexity index is 924. The first-order chi connectivity index (χ1) is 13.7. The predicted molar refractivity (Wildman–Crippen MR) is 106 cm³/mol. The number of nitrogens with zero attached hydrogens (tertiary/aromatic N) is 2. The summed E-state index contributed by atoms with van der Waals surface area (Å²) >= 11 is 1.39. The van der Waals surface area contributed by atoms with E-state index < -0.39 is 5.25 Å². The fourth-order valence-corrected chi connectivity index (χ4v) is 4.14. The molecular weight excluding hydrogens is 377 g/mol. The molecule has 1 aliphatic rings. The molecule has 1 aliphatic heterocycles. The molecule has 1 N–H and O–H groups in total. The number of carbonyl (C=O) groups excluding carboxylic acids is 1. The van der Waals surface area contributed by atoms with Gasteiger partial charge in [0.15, 0.2) is 5.16 Å². The quantitative estimate of drug-likeness (QED) is 0.663. The molecule has 5 nitrogen and oxygen atoms in total. The maximum absolute atomic E-state index is 13.2. The first-order valence-electron chi connectivity index (χ1n) is 9.10. The van der Waals surface area contributed by atoms with Crippen LogP contribution in [-0.2, 0) is 9.53 Å². The summed E-state index contributed by atoms with van der Waals surface area (Å²) < 4.78 is 18.5. The van der Waals surface area contributed by atoms with Crippen LogP contribution in [0, 0.1) is 5.82 Å². The SMILES string of the molecule is O=C([C@H](Sc1ncc(-c2ccc(F)cc2)[nH]1)c1ccccc1)N1CCOCC1. The minimum atomic E-state index is -0.397. The van der Waals surface area contributed by atoms with E-state index in [-0.39, 0.29) is 11.7 Å². The topological polar surface area (TPSA) is 58.2 Å². The number of hydrogen-bond acceptors (Lipinski definition) is 4. The van der Waals surface area contributed by atoms with Gasteiger partial charge in [-0.1, -0.05) is 42.1 Å². The smallest absolute Gasteiger partial charge is 0.240 e. The average molecular weight is 397 g/mol. The molecule has 0 radical (unpaired) electrons. The molecule has 1 amide bonds. The molecule has 1 atom stereocenters. The maximum atomic E-state index is 13.2. The van der Waals surface area contributed by atoms with Gasteiger partial charge in [0.1, 0.15) is 11.1 Å². The first kappa shape index (κ1) is 18.7. The number of amides is 1. The van der Waals surface area contributed by atoms with Gasteiger partial charge in [0.25, 0.3) is 0 Å². The fraction of sp³-hybridized carbons (Fsp3) is 0.238. The van der Waals surface area contributed by atoms with Gasteiger partial charge in [-0.05, 0) is 35.4 Å². The summed E-state index contributed by atoms with van der Waals surface area (Å²) in [4.78, 5) is 22.7. The molecule has 144 valence electrons. The predicted octanol–water partition coefficient (Wildman–Crippen LogP) is 3.91. The number of hydrogen-bond donors (Lipinski definition) is 1. The van der Waals surface area contributed by atoms with E-state index in [9.17, 15) is 9.18 Å². The number of benzene rings is 2. The summed E-state index contributed by atoms with van der Waals surface area (Å²) in [7, 11) is 0. The zero-order chi connectivity index (χ0) is 19.3. The van der Waals surface area contributed by atoms with Crippen molar-refractivity contribution in [2.24, 2.45) is 0 Å². The molecule has 1 aromatic heterocycles. The molecule has 4 rings (SSSR count). The number of morpholine rings is 1. The second kappa shape index (κ2) is 8.58. The Labute approximate surface area is 166 Å². The largest absolute Gasteiger partial charge is 0.378 e. The molecule has 0 unspecified atom stereocenters. The molecule has 0 saturated carbocycles. The van der Waals surface area contributed by atoms with Gasteiger partial charge in [-0.3, -0.25) is 4.79 Å². The normalized spacial score (nSPS) is 15.4. The Hall–Kier alpha value is -2.64. The van der Waals surface area contributed by atoms with Crippen LogP contribution in [-0.4, -0.2) is 47.1 Å². The van der Waals surface area contributed by atoms with Crippen LogP contribution < -0.4 is 0 Å². The summed E-state index contributed by atoms with van der Waals surface area (Å²) in [5.41, 5.74) is 2.56. The van der Waals surface area contributed by atoms with Crippen LogP contribution in [0.5, 0.6) is 0 Å². The highest BCUT2D eigenvalue weighted by atomic mass is 32.2. The molecule has 0 bridgehead atoms. The number of thioether (sulfide) groups is 1. The van der Waals surface area contributed by atoms with E-state index in [1.165, 1.54) is 23.9 Å². The van der Waals surface area contributed by atoms with Crippen LogP contribution in [0.4, 0.5) is 4.39 Å². The molecule has 0 spiro atoms. The highest BCUT2D eigenvalue weighted by molar-refractivity contribution is 8.00. The van der Waals surface area contributed by atoms with E-state index in [1.807, 2.05) is 35.2 Å². The van der Waals surface area contributed by atoms with Gasteiger partial charge in [-0.15, -0.1) is 0 Å². The zero-order valence-corrected chi connectivity index (χ0v) is 16.0. The Morgan fingerprint density at radius 2 is 1.82 bits per heavy atom. The standard InChI is InChI=1S/C21H20FN3O2S/c22-17-8-6-15(7-9-17)18-14-23-21(24-18)28-19(16-4-2-1-3-5-16)20(26)25-10-12-27-13-11-25/h1-9,14,19H,10-13H2,(H,23,24)/t19-/m1/s1. The van der Waals surface area contributed by atoms with Crippen LogP contribution in [0.25, 0.3) is 11.3 Å². The van der Waals surface area contributed by atoms with Crippen molar-refractivity contribution in [1.82, 2.24) is 14.9 Å². The summed E-state index contributed by atoms with van der Waals surface area (Å²) in [6, 6.07) is 15.9.